The number of anilines is 4. The Balaban J connectivity index is 0.521. The minimum absolute atomic E-state index is 0.0477. The number of thiophene rings is 1. The average Bonchev–Trinajstić information content (AvgIpc) is 1.69. The lowest BCUT2D eigenvalue weighted by atomic mass is 9.91. The van der Waals surface area contributed by atoms with Crippen LogP contribution in [0.4, 0.5) is 28.2 Å². The first-order chi connectivity index (χ1) is 55.1. The maximum Gasteiger partial charge on any atom is 0.323 e. The zero-order valence-corrected chi connectivity index (χ0v) is 66.2. The second-order valence-corrected chi connectivity index (χ2v) is 32.5. The number of aryl methyl sites for hydroxylation is 2. The number of amides is 9. The Bertz CT molecular complexity index is 4380. The number of aromatic nitrogens is 9. The molecule has 8 N–H and O–H groups in total. The second kappa shape index (κ2) is 38.5. The summed E-state index contributed by atoms with van der Waals surface area (Å²) >= 11 is 8.88. The molecule has 4 aliphatic heterocycles. The monoisotopic (exact) mass is 1590 g/mol. The molecule has 14 rings (SSSR count). The molecule has 2 atom stereocenters. The van der Waals surface area contributed by atoms with E-state index in [9.17, 15) is 38.4 Å². The Labute approximate surface area is 666 Å². The van der Waals surface area contributed by atoms with Crippen molar-refractivity contribution < 1.29 is 57.3 Å². The van der Waals surface area contributed by atoms with Crippen molar-refractivity contribution >= 4 is 93.7 Å². The normalized spacial score (nSPS) is 21.1. The molecule has 606 valence electrons. The van der Waals surface area contributed by atoms with E-state index in [2.05, 4.69) is 57.6 Å². The number of hydrogen-bond acceptors (Lipinski definition) is 25. The van der Waals surface area contributed by atoms with Crippen molar-refractivity contribution in [1.82, 2.24) is 80.9 Å². The molecule has 0 bridgehead atoms. The molecule has 9 amide bonds. The molecule has 8 aliphatic rings. The summed E-state index contributed by atoms with van der Waals surface area (Å²) < 4.78 is 26.9. The molecule has 9 heterocycles. The molecule has 6 fully saturated rings. The molecular formula is C79H105ClN20O12S. The Kier molecular flexibility index (Phi) is 27.4. The molecule has 32 nitrogen and oxygen atoms in total. The third-order valence-corrected chi connectivity index (χ3v) is 24.2. The molecule has 4 saturated carbocycles. The molecule has 34 heteroatoms. The number of hydrogen-bond donors (Lipinski definition) is 8. The summed E-state index contributed by atoms with van der Waals surface area (Å²) in [7, 11) is 3.94. The van der Waals surface area contributed by atoms with Crippen molar-refractivity contribution in [3.05, 3.63) is 85.8 Å². The van der Waals surface area contributed by atoms with E-state index < -0.39 is 41.6 Å². The third kappa shape index (κ3) is 20.8. The van der Waals surface area contributed by atoms with E-state index in [0.717, 1.165) is 154 Å². The van der Waals surface area contributed by atoms with E-state index in [1.807, 2.05) is 41.9 Å². The highest BCUT2D eigenvalue weighted by atomic mass is 35.5. The predicted molar refractivity (Wildman–Crippen MR) is 422 cm³/mol. The Hall–Kier alpha value is -8.96. The van der Waals surface area contributed by atoms with Gasteiger partial charge in [-0.15, -0.1) is 11.3 Å². The first-order valence-corrected chi connectivity index (χ1v) is 41.8. The van der Waals surface area contributed by atoms with Crippen LogP contribution in [0.15, 0.2) is 43.0 Å². The number of rotatable bonds is 42. The van der Waals surface area contributed by atoms with Gasteiger partial charge in [-0.25, -0.2) is 19.7 Å². The van der Waals surface area contributed by atoms with Gasteiger partial charge in [0.05, 0.1) is 93.4 Å². The van der Waals surface area contributed by atoms with Crippen molar-refractivity contribution in [2.45, 2.75) is 203 Å². The first kappa shape index (κ1) is 80.6. The van der Waals surface area contributed by atoms with E-state index in [0.29, 0.717) is 143 Å². The standard InChI is InChI=1S/C79H105ClN20O12S/c1-96-62(40-48-12-13-48)57(44-87-96)68-67(80)71(95-78(93-68)90-54-22-18-52(19-23-54)82-29-32-109-34-36-111-38-39-112-37-35-110-33-30-83-59-11-9-10-56-66(59)75(106)100(74(56)105)61-25-27-65(102)92-73(61)104)98(79(108)84-43-55-42-50-46-99(76(107)69(50)113-55)60-24-26-64(101)91-72(60)103)31-8-6-4-3-5-7-28-81-51-16-20-53(21-17-51)89-77-86-47-85-70(94-77)58-45-88-97(2)63(58)41-49-14-15-49/h9-11,42,44-45,47-49,51-54,60-61,81-83H,3-8,12-41,43,46H2,1-2H3,(H,84,108)(H,90,93,95)(H,91,101,103)(H,92,102,104)(H,85,86,89,94)/t51-,52-,53-,54-,60?,61?. The molecule has 5 aromatic heterocycles. The van der Waals surface area contributed by atoms with E-state index >= 15 is 0 Å². The number of ether oxygens (including phenoxy) is 4. The zero-order valence-electron chi connectivity index (χ0n) is 64.6. The van der Waals surface area contributed by atoms with Crippen LogP contribution < -0.4 is 47.4 Å². The average molecular weight is 1590 g/mol. The van der Waals surface area contributed by atoms with Crippen LogP contribution >= 0.6 is 22.9 Å². The highest BCUT2D eigenvalue weighted by Crippen LogP contribution is 2.42. The molecule has 113 heavy (non-hydrogen) atoms. The zero-order chi connectivity index (χ0) is 78.3. The number of benzene rings is 1. The van der Waals surface area contributed by atoms with Crippen molar-refractivity contribution in [2.24, 2.45) is 25.9 Å². The van der Waals surface area contributed by atoms with E-state index in [1.165, 1.54) is 34.8 Å². The minimum atomic E-state index is -1.04. The number of urea groups is 1. The fourth-order valence-corrected chi connectivity index (χ4v) is 17.4. The van der Waals surface area contributed by atoms with Gasteiger partial charge in [0.2, 0.25) is 35.5 Å². The van der Waals surface area contributed by atoms with Gasteiger partial charge in [0.15, 0.2) is 11.6 Å². The fourth-order valence-electron chi connectivity index (χ4n) is 16.1. The highest BCUT2D eigenvalue weighted by molar-refractivity contribution is 7.14. The summed E-state index contributed by atoms with van der Waals surface area (Å²) in [6, 6.07) is 5.80. The summed E-state index contributed by atoms with van der Waals surface area (Å²) in [6.07, 6.45) is 26.0. The maximum atomic E-state index is 15.0. The van der Waals surface area contributed by atoms with E-state index in [1.54, 1.807) is 29.4 Å². The molecule has 1 aromatic carbocycles. The van der Waals surface area contributed by atoms with Crippen molar-refractivity contribution in [3.8, 4) is 22.6 Å². The topological polar surface area (TPSA) is 380 Å². The van der Waals surface area contributed by atoms with E-state index in [4.69, 9.17) is 50.6 Å². The molecule has 2 saturated heterocycles. The molecule has 4 aliphatic carbocycles. The van der Waals surface area contributed by atoms with E-state index in [-0.39, 0.29) is 78.8 Å². The third-order valence-electron chi connectivity index (χ3n) is 22.7. The van der Waals surface area contributed by atoms with Gasteiger partial charge >= 0.3 is 6.03 Å². The number of carbonyl (C=O) groups excluding carboxylic acids is 8. The van der Waals surface area contributed by atoms with Crippen LogP contribution in [0.25, 0.3) is 22.6 Å². The number of halogens is 1. The largest absolute Gasteiger partial charge is 0.382 e. The summed E-state index contributed by atoms with van der Waals surface area (Å²) in [4.78, 5) is 134. The fraction of sp³-hybridized carbons (Fsp3) is 0.608. The lowest BCUT2D eigenvalue weighted by molar-refractivity contribution is -0.138. The van der Waals surface area contributed by atoms with Crippen LogP contribution in [0.2, 0.25) is 5.02 Å². The van der Waals surface area contributed by atoms with Gasteiger partial charge in [-0.3, -0.25) is 63.4 Å². The molecule has 0 radical (unpaired) electrons. The number of unbranched alkanes of at least 4 members (excludes halogenated alkanes) is 5. The summed E-state index contributed by atoms with van der Waals surface area (Å²) in [5.74, 6) is -0.0401. The summed E-state index contributed by atoms with van der Waals surface area (Å²) in [5.41, 5.74) is 6.16. The number of nitrogens with one attached hydrogen (secondary N) is 8. The first-order valence-electron chi connectivity index (χ1n) is 40.6. The number of nitrogens with zero attached hydrogens (tertiary/aromatic N) is 12. The number of imide groups is 3. The molecule has 2 unspecified atom stereocenters. The van der Waals surface area contributed by atoms with Crippen molar-refractivity contribution in [3.63, 3.8) is 0 Å². The lowest BCUT2D eigenvalue weighted by Gasteiger charge is -2.30. The van der Waals surface area contributed by atoms with Gasteiger partial charge in [-0.05, 0) is 158 Å². The quantitative estimate of drug-likeness (QED) is 0.0134. The van der Waals surface area contributed by atoms with Gasteiger partial charge in [-0.2, -0.15) is 20.2 Å². The van der Waals surface area contributed by atoms with Gasteiger partial charge in [-0.1, -0.05) is 43.4 Å². The van der Waals surface area contributed by atoms with Crippen LogP contribution in [0, 0.1) is 11.8 Å². The minimum Gasteiger partial charge on any atom is -0.382 e. The van der Waals surface area contributed by atoms with Crippen LogP contribution in [0.3, 0.4) is 0 Å². The van der Waals surface area contributed by atoms with Gasteiger partial charge in [0.1, 0.15) is 29.1 Å². The Morgan fingerprint density at radius 2 is 1.17 bits per heavy atom. The lowest BCUT2D eigenvalue weighted by Crippen LogP contribution is -2.54. The SMILES string of the molecule is Cn1ncc(-c2ncnc(N[C@H]3CC[C@H](NCCCCCCCCN(C(=O)NCc4cc5c(s4)C(=O)N(C4CCC(=O)NC4=O)C5)c4nc(N[C@H]5CC[C@H](NCCOCCOCCOCCOCCNc6cccc7c6C(=O)N(C6CCC(=O)NC6=O)C7=O)CC5)nc(-c5cnn(C)c5CC5CC5)c4Cl)CC3)n2)c1CC1CC1. The van der Waals surface area contributed by atoms with Gasteiger partial charge < -0.3 is 55.7 Å². The summed E-state index contributed by atoms with van der Waals surface area (Å²) in [5, 5.41) is 35.2. The Morgan fingerprint density at radius 1 is 0.593 bits per heavy atom. The number of carbonyl (C=O) groups is 8. The van der Waals surface area contributed by atoms with Gasteiger partial charge in [0.25, 0.3) is 17.7 Å². The highest BCUT2D eigenvalue weighted by Gasteiger charge is 2.46. The predicted octanol–water partition coefficient (Wildman–Crippen LogP) is 7.81. The molecule has 6 aromatic rings. The summed E-state index contributed by atoms with van der Waals surface area (Å²) in [6.45, 7) is 5.92. The molecule has 0 spiro atoms. The van der Waals surface area contributed by atoms with Crippen LogP contribution in [0.5, 0.6) is 0 Å². The smallest absolute Gasteiger partial charge is 0.323 e. The van der Waals surface area contributed by atoms with Crippen LogP contribution in [-0.4, -0.2) is 217 Å². The number of fused-ring (bicyclic) bond motifs is 2. The van der Waals surface area contributed by atoms with Crippen molar-refractivity contribution in [2.75, 3.05) is 99.9 Å². The van der Waals surface area contributed by atoms with Crippen LogP contribution in [0.1, 0.15) is 193 Å². The number of piperidine rings is 2. The van der Waals surface area contributed by atoms with Crippen LogP contribution in [-0.2, 0) is 78.2 Å². The molecular weight excluding hydrogens is 1490 g/mol. The maximum absolute atomic E-state index is 15.0. The Morgan fingerprint density at radius 3 is 1.81 bits per heavy atom. The second-order valence-electron chi connectivity index (χ2n) is 31.0. The van der Waals surface area contributed by atoms with Gasteiger partial charge in [0, 0.05) is 105 Å². The van der Waals surface area contributed by atoms with Crippen molar-refractivity contribution in [1.29, 1.82) is 0 Å².